The van der Waals surface area contributed by atoms with E-state index < -0.39 is 0 Å². The number of unbranched alkanes of at least 4 members (excludes halogenated alkanes) is 6. The van der Waals surface area contributed by atoms with Crippen molar-refractivity contribution in [3.8, 4) is 17.1 Å². The predicted molar refractivity (Wildman–Crippen MR) is 161 cm³/mol. The third-order valence-corrected chi connectivity index (χ3v) is 9.45. The van der Waals surface area contributed by atoms with Crippen molar-refractivity contribution in [2.24, 2.45) is 23.7 Å². The highest BCUT2D eigenvalue weighted by atomic mass is 16.5. The van der Waals surface area contributed by atoms with E-state index in [1.54, 1.807) is 0 Å². The number of rotatable bonds is 14. The van der Waals surface area contributed by atoms with Crippen LogP contribution in [0.2, 0.25) is 0 Å². The smallest absolute Gasteiger partial charge is 0.314 e. The monoisotopic (exact) mass is 532 g/mol. The molecule has 0 unspecified atom stereocenters. The molecule has 0 bridgehead atoms. The molecule has 1 heterocycles. The summed E-state index contributed by atoms with van der Waals surface area (Å²) in [4.78, 5) is 21.9. The largest absolute Gasteiger partial charge is 0.426 e. The summed E-state index contributed by atoms with van der Waals surface area (Å²) in [5, 5.41) is 0. The first-order valence-electron chi connectivity index (χ1n) is 16.3. The predicted octanol–water partition coefficient (Wildman–Crippen LogP) is 9.75. The molecule has 4 heteroatoms. The number of esters is 1. The van der Waals surface area contributed by atoms with Crippen molar-refractivity contribution in [2.75, 3.05) is 0 Å². The second kappa shape index (κ2) is 16.1. The Bertz CT molecular complexity index is 955. The van der Waals surface area contributed by atoms with Crippen LogP contribution in [0.1, 0.15) is 129 Å². The van der Waals surface area contributed by atoms with Gasteiger partial charge in [0.2, 0.25) is 0 Å². The minimum Gasteiger partial charge on any atom is -0.426 e. The van der Waals surface area contributed by atoms with Crippen LogP contribution in [0.4, 0.5) is 0 Å². The maximum Gasteiger partial charge on any atom is 0.314 e. The third kappa shape index (κ3) is 9.43. The van der Waals surface area contributed by atoms with Gasteiger partial charge < -0.3 is 4.74 Å². The quantitative estimate of drug-likeness (QED) is 0.138. The number of benzene rings is 1. The lowest BCUT2D eigenvalue weighted by Gasteiger charge is -2.37. The van der Waals surface area contributed by atoms with Crippen LogP contribution in [-0.4, -0.2) is 15.9 Å². The molecule has 2 saturated carbocycles. The molecular weight excluding hydrogens is 480 g/mol. The van der Waals surface area contributed by atoms with Gasteiger partial charge in [0, 0.05) is 18.0 Å². The fraction of sp³-hybridized carbons (Fsp3) is 0.686. The molecule has 2 aromatic rings. The number of aromatic nitrogens is 2. The van der Waals surface area contributed by atoms with Crippen LogP contribution in [0.15, 0.2) is 36.7 Å². The molecule has 214 valence electrons. The Morgan fingerprint density at radius 3 is 1.95 bits per heavy atom. The van der Waals surface area contributed by atoms with Crippen molar-refractivity contribution in [2.45, 2.75) is 129 Å². The van der Waals surface area contributed by atoms with Gasteiger partial charge in [-0.2, -0.15) is 0 Å². The molecule has 0 saturated heterocycles. The summed E-state index contributed by atoms with van der Waals surface area (Å²) in [6.45, 7) is 4.45. The highest BCUT2D eigenvalue weighted by Crippen LogP contribution is 2.42. The SMILES string of the molecule is CCCCCCCCCC1CCC(C2CCC(C(=O)Oc3ccc(-c4ncc(CCC)cn4)cc3)CC2)CC1. The second-order valence-corrected chi connectivity index (χ2v) is 12.4. The van der Waals surface area contributed by atoms with Gasteiger partial charge in [-0.3, -0.25) is 4.79 Å². The molecule has 39 heavy (non-hydrogen) atoms. The molecule has 2 aliphatic rings. The highest BCUT2D eigenvalue weighted by Gasteiger charge is 2.33. The Morgan fingerprint density at radius 1 is 0.744 bits per heavy atom. The van der Waals surface area contributed by atoms with E-state index in [9.17, 15) is 4.79 Å². The molecule has 4 nitrogen and oxygen atoms in total. The van der Waals surface area contributed by atoms with E-state index in [0.29, 0.717) is 11.6 Å². The highest BCUT2D eigenvalue weighted by molar-refractivity contribution is 5.75. The zero-order valence-electron chi connectivity index (χ0n) is 24.7. The fourth-order valence-electron chi connectivity index (χ4n) is 6.96. The van der Waals surface area contributed by atoms with Crippen molar-refractivity contribution < 1.29 is 9.53 Å². The molecule has 2 aliphatic carbocycles. The lowest BCUT2D eigenvalue weighted by atomic mass is 9.68. The Balaban J connectivity index is 1.12. The first kappa shape index (κ1) is 29.7. The first-order valence-corrected chi connectivity index (χ1v) is 16.3. The lowest BCUT2D eigenvalue weighted by molar-refractivity contribution is -0.140. The topological polar surface area (TPSA) is 52.1 Å². The van der Waals surface area contributed by atoms with Crippen molar-refractivity contribution in [1.82, 2.24) is 9.97 Å². The summed E-state index contributed by atoms with van der Waals surface area (Å²) >= 11 is 0. The van der Waals surface area contributed by atoms with Crippen LogP contribution < -0.4 is 4.74 Å². The Hall–Kier alpha value is -2.23. The van der Waals surface area contributed by atoms with Crippen molar-refractivity contribution in [3.05, 3.63) is 42.2 Å². The maximum atomic E-state index is 12.9. The van der Waals surface area contributed by atoms with Crippen molar-refractivity contribution >= 4 is 5.97 Å². The average molecular weight is 533 g/mol. The number of aryl methyl sites for hydroxylation is 1. The third-order valence-electron chi connectivity index (χ3n) is 9.45. The molecule has 4 rings (SSSR count). The van der Waals surface area contributed by atoms with Gasteiger partial charge in [0.1, 0.15) is 5.75 Å². The standard InChI is InChI=1S/C35H52N2O2/c1-3-5-6-7-8-9-10-12-27-13-15-29(16-14-27)30-17-19-32(20-18-30)35(38)39-33-23-21-31(22-24-33)34-36-25-28(11-4-2)26-37-34/h21-27,29-30,32H,3-20H2,1-2H3. The van der Waals surface area contributed by atoms with E-state index in [4.69, 9.17) is 4.74 Å². The molecule has 0 N–H and O–H groups in total. The first-order chi connectivity index (χ1) is 19.2. The molecule has 0 aliphatic heterocycles. The van der Waals surface area contributed by atoms with E-state index in [1.807, 2.05) is 36.7 Å². The molecule has 1 aromatic carbocycles. The van der Waals surface area contributed by atoms with Gasteiger partial charge >= 0.3 is 5.97 Å². The summed E-state index contributed by atoms with van der Waals surface area (Å²) in [6, 6.07) is 7.62. The Morgan fingerprint density at radius 2 is 1.33 bits per heavy atom. The molecule has 0 radical (unpaired) electrons. The van der Waals surface area contributed by atoms with Gasteiger partial charge in [-0.15, -0.1) is 0 Å². The second-order valence-electron chi connectivity index (χ2n) is 12.4. The molecule has 0 amide bonds. The van der Waals surface area contributed by atoms with Gasteiger partial charge in [0.25, 0.3) is 0 Å². The summed E-state index contributed by atoms with van der Waals surface area (Å²) in [5.74, 6) is 3.99. The van der Waals surface area contributed by atoms with Crippen molar-refractivity contribution in [3.63, 3.8) is 0 Å². The Kier molecular flexibility index (Phi) is 12.3. The van der Waals surface area contributed by atoms with Crippen molar-refractivity contribution in [1.29, 1.82) is 0 Å². The minimum atomic E-state index is -0.0558. The number of carbonyl (C=O) groups excluding carboxylic acids is 1. The minimum absolute atomic E-state index is 0.0454. The van der Waals surface area contributed by atoms with E-state index in [0.717, 1.165) is 54.6 Å². The van der Waals surface area contributed by atoms with E-state index in [1.165, 1.54) is 89.9 Å². The number of hydrogen-bond donors (Lipinski definition) is 0. The van der Waals surface area contributed by atoms with Crippen LogP contribution in [0.3, 0.4) is 0 Å². The van der Waals surface area contributed by atoms with Crippen LogP contribution in [-0.2, 0) is 11.2 Å². The molecule has 0 spiro atoms. The molecular formula is C35H52N2O2. The van der Waals surface area contributed by atoms with Gasteiger partial charge in [-0.1, -0.05) is 84.5 Å². The summed E-state index contributed by atoms with van der Waals surface area (Å²) in [7, 11) is 0. The van der Waals surface area contributed by atoms with Gasteiger partial charge in [0.05, 0.1) is 5.92 Å². The lowest BCUT2D eigenvalue weighted by Crippen LogP contribution is -2.30. The molecule has 0 atom stereocenters. The average Bonchev–Trinajstić information content (AvgIpc) is 2.98. The van der Waals surface area contributed by atoms with Gasteiger partial charge in [0.15, 0.2) is 5.82 Å². The number of nitrogens with zero attached hydrogens (tertiary/aromatic N) is 2. The van der Waals surface area contributed by atoms with Crippen LogP contribution in [0.5, 0.6) is 5.75 Å². The summed E-state index contributed by atoms with van der Waals surface area (Å²) < 4.78 is 5.78. The fourth-order valence-corrected chi connectivity index (χ4v) is 6.96. The van der Waals surface area contributed by atoms with E-state index >= 15 is 0 Å². The van der Waals surface area contributed by atoms with E-state index in [-0.39, 0.29) is 11.9 Å². The zero-order chi connectivity index (χ0) is 27.3. The molecule has 2 fully saturated rings. The number of ether oxygens (including phenoxy) is 1. The normalized spacial score (nSPS) is 23.4. The van der Waals surface area contributed by atoms with Crippen LogP contribution in [0.25, 0.3) is 11.4 Å². The van der Waals surface area contributed by atoms with Crippen LogP contribution >= 0.6 is 0 Å². The number of carbonyl (C=O) groups is 1. The van der Waals surface area contributed by atoms with E-state index in [2.05, 4.69) is 23.8 Å². The van der Waals surface area contributed by atoms with Gasteiger partial charge in [-0.05, 0) is 92.5 Å². The molecule has 1 aromatic heterocycles. The summed E-state index contributed by atoms with van der Waals surface area (Å²) in [6.07, 6.45) is 27.3. The van der Waals surface area contributed by atoms with Crippen LogP contribution in [0, 0.1) is 23.7 Å². The number of hydrogen-bond acceptors (Lipinski definition) is 4. The van der Waals surface area contributed by atoms with Gasteiger partial charge in [-0.25, -0.2) is 9.97 Å². The zero-order valence-corrected chi connectivity index (χ0v) is 24.7. The maximum absolute atomic E-state index is 12.9. The summed E-state index contributed by atoms with van der Waals surface area (Å²) in [5.41, 5.74) is 2.10. The Labute approximate surface area is 237 Å².